The number of carbonyl (C=O) groups is 2. The van der Waals surface area contributed by atoms with Gasteiger partial charge in [-0.05, 0) is 30.3 Å². The molecule has 0 aliphatic carbocycles. The fourth-order valence-electron chi connectivity index (χ4n) is 2.27. The number of benzene rings is 2. The number of ether oxygens (including phenoxy) is 2. The van der Waals surface area contributed by atoms with E-state index in [9.17, 15) is 24.8 Å². The summed E-state index contributed by atoms with van der Waals surface area (Å²) in [6.07, 6.45) is 1.02. The van der Waals surface area contributed by atoms with Crippen LogP contribution >= 0.6 is 0 Å². The molecule has 0 aromatic heterocycles. The summed E-state index contributed by atoms with van der Waals surface area (Å²) in [5, 5.41) is 26.4. The van der Waals surface area contributed by atoms with Crippen LogP contribution < -0.4 is 20.2 Å². The van der Waals surface area contributed by atoms with Gasteiger partial charge in [0.15, 0.2) is 11.5 Å². The van der Waals surface area contributed by atoms with E-state index in [0.717, 1.165) is 24.4 Å². The Kier molecular flexibility index (Phi) is 7.07. The smallest absolute Gasteiger partial charge is 0.278 e. The maximum atomic E-state index is 12.1. The number of phenols is 1. The summed E-state index contributed by atoms with van der Waals surface area (Å²) in [6, 6.07) is 7.94. The quantitative estimate of drug-likeness (QED) is 0.341. The molecule has 11 nitrogen and oxygen atoms in total. The molecule has 2 rings (SSSR count). The van der Waals surface area contributed by atoms with Crippen LogP contribution in [0.1, 0.15) is 15.9 Å². The second-order valence-electron chi connectivity index (χ2n) is 5.55. The second kappa shape index (κ2) is 9.69. The lowest BCUT2D eigenvalue weighted by atomic mass is 10.2. The van der Waals surface area contributed by atoms with Crippen molar-refractivity contribution in [2.45, 2.75) is 0 Å². The molecule has 152 valence electrons. The number of rotatable bonds is 8. The van der Waals surface area contributed by atoms with Crippen LogP contribution in [0.2, 0.25) is 0 Å². The molecule has 0 saturated heterocycles. The summed E-state index contributed by atoms with van der Waals surface area (Å²) < 4.78 is 10.2. The zero-order chi connectivity index (χ0) is 21.4. The molecule has 0 atom stereocenters. The number of hydrogen-bond acceptors (Lipinski definition) is 8. The van der Waals surface area contributed by atoms with Crippen molar-refractivity contribution in [2.24, 2.45) is 5.10 Å². The summed E-state index contributed by atoms with van der Waals surface area (Å²) in [4.78, 5) is 34.2. The minimum atomic E-state index is -0.655. The number of hydrazone groups is 1. The third-order valence-electron chi connectivity index (χ3n) is 3.66. The Morgan fingerprint density at radius 1 is 1.17 bits per heavy atom. The highest BCUT2D eigenvalue weighted by Gasteiger charge is 2.13. The van der Waals surface area contributed by atoms with Crippen LogP contribution in [0.4, 0.5) is 5.69 Å². The first-order valence-corrected chi connectivity index (χ1v) is 8.15. The maximum absolute atomic E-state index is 12.1. The Balaban J connectivity index is 1.94. The fraction of sp³-hybridized carbons (Fsp3) is 0.167. The Morgan fingerprint density at radius 2 is 1.90 bits per heavy atom. The van der Waals surface area contributed by atoms with Crippen LogP contribution in [0.5, 0.6) is 17.2 Å². The molecule has 0 spiro atoms. The van der Waals surface area contributed by atoms with Gasteiger partial charge >= 0.3 is 0 Å². The first kappa shape index (κ1) is 21.2. The highest BCUT2D eigenvalue weighted by molar-refractivity contribution is 5.97. The Bertz CT molecular complexity index is 959. The van der Waals surface area contributed by atoms with Gasteiger partial charge in [-0.15, -0.1) is 0 Å². The van der Waals surface area contributed by atoms with Gasteiger partial charge in [0.25, 0.3) is 17.5 Å². The molecule has 2 aromatic rings. The molecule has 0 aliphatic heterocycles. The molecule has 29 heavy (non-hydrogen) atoms. The average Bonchev–Trinajstić information content (AvgIpc) is 2.71. The summed E-state index contributed by atoms with van der Waals surface area (Å²) in [7, 11) is 2.90. The molecule has 0 aliphatic rings. The van der Waals surface area contributed by atoms with Crippen LogP contribution in [0.3, 0.4) is 0 Å². The number of nitro groups is 1. The van der Waals surface area contributed by atoms with Crippen LogP contribution in [0.25, 0.3) is 0 Å². The SMILES string of the molecule is COc1ccc(C(=O)NCC(=O)N/N=C\c2cc(O)ccc2[N+](=O)[O-])cc1OC. The molecule has 0 radical (unpaired) electrons. The maximum Gasteiger partial charge on any atom is 0.278 e. The van der Waals surface area contributed by atoms with E-state index in [0.29, 0.717) is 11.5 Å². The van der Waals surface area contributed by atoms with Gasteiger partial charge in [-0.25, -0.2) is 5.43 Å². The summed E-state index contributed by atoms with van der Waals surface area (Å²) in [5.74, 6) is -0.545. The van der Waals surface area contributed by atoms with Gasteiger partial charge in [-0.1, -0.05) is 0 Å². The number of carbonyl (C=O) groups excluding carboxylic acids is 2. The van der Waals surface area contributed by atoms with E-state index in [2.05, 4.69) is 15.8 Å². The van der Waals surface area contributed by atoms with Gasteiger partial charge in [-0.3, -0.25) is 19.7 Å². The number of hydrogen-bond donors (Lipinski definition) is 3. The average molecular weight is 402 g/mol. The van der Waals surface area contributed by atoms with Crippen LogP contribution in [-0.4, -0.2) is 48.8 Å². The first-order chi connectivity index (χ1) is 13.8. The minimum absolute atomic E-state index is 0.00432. The molecular weight excluding hydrogens is 384 g/mol. The number of aromatic hydroxyl groups is 1. The number of methoxy groups -OCH3 is 2. The molecule has 0 saturated carbocycles. The molecule has 3 N–H and O–H groups in total. The van der Waals surface area contributed by atoms with Crippen LogP contribution in [0.15, 0.2) is 41.5 Å². The molecule has 11 heteroatoms. The lowest BCUT2D eigenvalue weighted by Gasteiger charge is -2.09. The third-order valence-corrected chi connectivity index (χ3v) is 3.66. The van der Waals surface area contributed by atoms with Gasteiger partial charge in [0.2, 0.25) is 0 Å². The molecule has 2 amide bonds. The van der Waals surface area contributed by atoms with Gasteiger partial charge in [0.1, 0.15) is 5.75 Å². The third kappa shape index (κ3) is 5.66. The van der Waals surface area contributed by atoms with E-state index in [1.54, 1.807) is 6.07 Å². The number of nitrogens with zero attached hydrogens (tertiary/aromatic N) is 2. The van der Waals surface area contributed by atoms with Crippen LogP contribution in [0, 0.1) is 10.1 Å². The van der Waals surface area contributed by atoms with Crippen molar-refractivity contribution in [1.82, 2.24) is 10.7 Å². The summed E-state index contributed by atoms with van der Waals surface area (Å²) in [6.45, 7) is -0.382. The Hall–Kier alpha value is -4.15. The lowest BCUT2D eigenvalue weighted by Crippen LogP contribution is -2.34. The molecule has 0 bridgehead atoms. The van der Waals surface area contributed by atoms with Crippen molar-refractivity contribution in [3.63, 3.8) is 0 Å². The van der Waals surface area contributed by atoms with Gasteiger partial charge in [0, 0.05) is 11.6 Å². The van der Waals surface area contributed by atoms with Gasteiger partial charge in [0.05, 0.1) is 37.5 Å². The van der Waals surface area contributed by atoms with Gasteiger partial charge in [-0.2, -0.15) is 5.10 Å². The summed E-state index contributed by atoms with van der Waals surface area (Å²) in [5.41, 5.74) is 2.10. The molecule has 0 heterocycles. The fourth-order valence-corrected chi connectivity index (χ4v) is 2.27. The van der Waals surface area contributed by atoms with E-state index in [-0.39, 0.29) is 29.1 Å². The predicted octanol–water partition coefficient (Wildman–Crippen LogP) is 1.20. The largest absolute Gasteiger partial charge is 0.508 e. The second-order valence-corrected chi connectivity index (χ2v) is 5.55. The number of amides is 2. The standard InChI is InChI=1S/C18H18N4O7/c1-28-15-6-3-11(8-16(15)29-2)18(25)19-10-17(24)21-20-9-12-7-13(23)4-5-14(12)22(26)27/h3-9,23H,10H2,1-2H3,(H,19,25)(H,21,24)/b20-9-. The van der Waals surface area contributed by atoms with Crippen LogP contribution in [-0.2, 0) is 4.79 Å². The monoisotopic (exact) mass is 402 g/mol. The Labute approximate surface area is 165 Å². The topological polar surface area (TPSA) is 152 Å². The highest BCUT2D eigenvalue weighted by atomic mass is 16.6. The minimum Gasteiger partial charge on any atom is -0.508 e. The number of nitrogens with one attached hydrogen (secondary N) is 2. The van der Waals surface area contributed by atoms with Crippen molar-refractivity contribution < 1.29 is 29.1 Å². The number of phenolic OH excluding ortho intramolecular Hbond substituents is 1. The molecule has 0 fully saturated rings. The van der Waals surface area contributed by atoms with E-state index in [1.807, 2.05) is 0 Å². The van der Waals surface area contributed by atoms with E-state index in [4.69, 9.17) is 9.47 Å². The summed E-state index contributed by atoms with van der Waals surface area (Å²) >= 11 is 0. The van der Waals surface area contributed by atoms with Crippen molar-refractivity contribution in [1.29, 1.82) is 0 Å². The molecule has 0 unspecified atom stereocenters. The van der Waals surface area contributed by atoms with Gasteiger partial charge < -0.3 is 19.9 Å². The van der Waals surface area contributed by atoms with Crippen molar-refractivity contribution in [3.05, 3.63) is 57.6 Å². The first-order valence-electron chi connectivity index (χ1n) is 8.15. The van der Waals surface area contributed by atoms with E-state index in [1.165, 1.54) is 26.4 Å². The van der Waals surface area contributed by atoms with E-state index >= 15 is 0 Å². The van der Waals surface area contributed by atoms with Crippen molar-refractivity contribution in [3.8, 4) is 17.2 Å². The van der Waals surface area contributed by atoms with Crippen molar-refractivity contribution in [2.75, 3.05) is 20.8 Å². The Morgan fingerprint density at radius 3 is 2.55 bits per heavy atom. The molecule has 2 aromatic carbocycles. The predicted molar refractivity (Wildman–Crippen MR) is 102 cm³/mol. The van der Waals surface area contributed by atoms with Crippen molar-refractivity contribution >= 4 is 23.7 Å². The normalized spacial score (nSPS) is 10.4. The highest BCUT2D eigenvalue weighted by Crippen LogP contribution is 2.27. The van der Waals surface area contributed by atoms with E-state index < -0.39 is 16.7 Å². The zero-order valence-corrected chi connectivity index (χ0v) is 15.5. The lowest BCUT2D eigenvalue weighted by molar-refractivity contribution is -0.385. The molecular formula is C18H18N4O7. The zero-order valence-electron chi connectivity index (χ0n) is 15.5. The number of nitro benzene ring substituents is 1.